The molecule has 0 saturated heterocycles. The van der Waals surface area contributed by atoms with Crippen LogP contribution in [-0.2, 0) is 7.05 Å². The average Bonchev–Trinajstić information content (AvgIpc) is 3.08. The molecule has 0 saturated carbocycles. The zero-order valence-corrected chi connectivity index (χ0v) is 13.0. The van der Waals surface area contributed by atoms with Crippen molar-refractivity contribution in [3.63, 3.8) is 0 Å². The number of carbonyl (C=O) groups excluding carboxylic acids is 1. The lowest BCUT2D eigenvalue weighted by Gasteiger charge is -2.03. The molecule has 23 heavy (non-hydrogen) atoms. The number of aryl methyl sites for hydroxylation is 1. The highest BCUT2D eigenvalue weighted by Gasteiger charge is 2.15. The molecule has 1 amide bonds. The van der Waals surface area contributed by atoms with Gasteiger partial charge in [0.25, 0.3) is 5.91 Å². The number of thiazole rings is 1. The molecule has 0 spiro atoms. The van der Waals surface area contributed by atoms with Gasteiger partial charge in [-0.05, 0) is 36.4 Å². The number of carbonyl (C=O) groups is 1. The maximum atomic E-state index is 13.4. The number of benzene rings is 2. The Bertz CT molecular complexity index is 1020. The molecule has 0 radical (unpaired) electrons. The number of anilines is 1. The van der Waals surface area contributed by atoms with E-state index in [-0.39, 0.29) is 11.7 Å². The first-order valence-electron chi connectivity index (χ1n) is 7.04. The topological polar surface area (TPSA) is 46.9 Å². The zero-order valence-electron chi connectivity index (χ0n) is 12.2. The van der Waals surface area contributed by atoms with E-state index in [2.05, 4.69) is 10.3 Å². The summed E-state index contributed by atoms with van der Waals surface area (Å²) in [5, 5.41) is 4.19. The summed E-state index contributed by atoms with van der Waals surface area (Å²) in [6.45, 7) is 0. The predicted molar refractivity (Wildman–Crippen MR) is 90.5 cm³/mol. The van der Waals surface area contributed by atoms with Crippen molar-refractivity contribution >= 4 is 43.5 Å². The normalized spacial score (nSPS) is 11.2. The van der Waals surface area contributed by atoms with Crippen molar-refractivity contribution in [3.8, 4) is 0 Å². The Kier molecular flexibility index (Phi) is 3.12. The molecule has 4 rings (SSSR count). The molecule has 2 aromatic carbocycles. The van der Waals surface area contributed by atoms with E-state index in [1.54, 1.807) is 23.7 Å². The molecule has 0 fully saturated rings. The lowest BCUT2D eigenvalue weighted by Crippen LogP contribution is -2.15. The summed E-state index contributed by atoms with van der Waals surface area (Å²) in [5.41, 5.74) is 2.00. The lowest BCUT2D eigenvalue weighted by molar-refractivity contribution is 0.102. The number of rotatable bonds is 2. The molecule has 114 valence electrons. The molecule has 0 aliphatic carbocycles. The maximum Gasteiger partial charge on any atom is 0.274 e. The Labute approximate surface area is 135 Å². The number of aromatic nitrogens is 2. The van der Waals surface area contributed by atoms with Crippen LogP contribution in [-0.4, -0.2) is 15.5 Å². The van der Waals surface area contributed by atoms with Crippen molar-refractivity contribution in [1.82, 2.24) is 9.55 Å². The molecule has 2 aromatic heterocycles. The van der Waals surface area contributed by atoms with Crippen molar-refractivity contribution in [2.75, 3.05) is 5.32 Å². The second-order valence-corrected chi connectivity index (χ2v) is 6.26. The predicted octanol–water partition coefficient (Wildman–Crippen LogP) is 4.18. The SMILES string of the molecule is Cn1c(C(=O)Nc2nc3ccccc3s2)cc2ccc(F)cc21. The van der Waals surface area contributed by atoms with Gasteiger partial charge in [-0.25, -0.2) is 9.37 Å². The fourth-order valence-electron chi connectivity index (χ4n) is 2.61. The van der Waals surface area contributed by atoms with Gasteiger partial charge in [-0.1, -0.05) is 23.5 Å². The van der Waals surface area contributed by atoms with E-state index in [4.69, 9.17) is 0 Å². The van der Waals surface area contributed by atoms with Crippen molar-refractivity contribution in [3.05, 3.63) is 60.0 Å². The summed E-state index contributed by atoms with van der Waals surface area (Å²) >= 11 is 1.42. The van der Waals surface area contributed by atoms with Crippen LogP contribution in [0, 0.1) is 5.82 Å². The van der Waals surface area contributed by atoms with E-state index < -0.39 is 0 Å². The van der Waals surface area contributed by atoms with Gasteiger partial charge in [-0.2, -0.15) is 0 Å². The highest BCUT2D eigenvalue weighted by atomic mass is 32.1. The third-order valence-electron chi connectivity index (χ3n) is 3.75. The van der Waals surface area contributed by atoms with Gasteiger partial charge in [-0.3, -0.25) is 10.1 Å². The van der Waals surface area contributed by atoms with E-state index in [1.807, 2.05) is 24.3 Å². The third kappa shape index (κ3) is 2.37. The molecule has 1 N–H and O–H groups in total. The number of nitrogens with one attached hydrogen (secondary N) is 1. The first-order chi connectivity index (χ1) is 11.1. The first kappa shape index (κ1) is 13.9. The molecule has 6 heteroatoms. The fourth-order valence-corrected chi connectivity index (χ4v) is 3.47. The van der Waals surface area contributed by atoms with Crippen LogP contribution in [0.5, 0.6) is 0 Å². The highest BCUT2D eigenvalue weighted by molar-refractivity contribution is 7.22. The molecule has 4 aromatic rings. The molecule has 0 unspecified atom stereocenters. The number of nitrogens with zero attached hydrogens (tertiary/aromatic N) is 2. The van der Waals surface area contributed by atoms with Crippen molar-refractivity contribution < 1.29 is 9.18 Å². The molecule has 0 aliphatic heterocycles. The minimum atomic E-state index is -0.322. The minimum absolute atomic E-state index is 0.261. The van der Waals surface area contributed by atoms with Gasteiger partial charge in [0, 0.05) is 12.4 Å². The molecular weight excluding hydrogens is 313 g/mol. The Morgan fingerprint density at radius 3 is 2.87 bits per heavy atom. The summed E-state index contributed by atoms with van der Waals surface area (Å²) in [6.07, 6.45) is 0. The Morgan fingerprint density at radius 2 is 2.04 bits per heavy atom. The fraction of sp³-hybridized carbons (Fsp3) is 0.0588. The third-order valence-corrected chi connectivity index (χ3v) is 4.71. The smallest absolute Gasteiger partial charge is 0.274 e. The largest absolute Gasteiger partial charge is 0.340 e. The average molecular weight is 325 g/mol. The number of hydrogen-bond donors (Lipinski definition) is 1. The summed E-state index contributed by atoms with van der Waals surface area (Å²) in [5.74, 6) is -0.583. The first-order valence-corrected chi connectivity index (χ1v) is 7.85. The monoisotopic (exact) mass is 325 g/mol. The van der Waals surface area contributed by atoms with Crippen LogP contribution in [0.3, 0.4) is 0 Å². The Morgan fingerprint density at radius 1 is 1.22 bits per heavy atom. The van der Waals surface area contributed by atoms with Crippen LogP contribution in [0.1, 0.15) is 10.5 Å². The quantitative estimate of drug-likeness (QED) is 0.601. The van der Waals surface area contributed by atoms with Gasteiger partial charge in [0.1, 0.15) is 11.5 Å². The molecule has 0 bridgehead atoms. The molecule has 0 aliphatic rings. The molecule has 0 atom stereocenters. The Balaban J connectivity index is 1.70. The second-order valence-electron chi connectivity index (χ2n) is 5.23. The van der Waals surface area contributed by atoms with Crippen molar-refractivity contribution in [2.45, 2.75) is 0 Å². The molecule has 4 nitrogen and oxygen atoms in total. The highest BCUT2D eigenvalue weighted by Crippen LogP contribution is 2.26. The lowest BCUT2D eigenvalue weighted by atomic mass is 10.2. The van der Waals surface area contributed by atoms with E-state index in [0.717, 1.165) is 15.6 Å². The summed E-state index contributed by atoms with van der Waals surface area (Å²) in [4.78, 5) is 16.9. The molecular formula is C17H12FN3OS. The van der Waals surface area contributed by atoms with Gasteiger partial charge in [0.15, 0.2) is 5.13 Å². The summed E-state index contributed by atoms with van der Waals surface area (Å²) < 4.78 is 16.1. The van der Waals surface area contributed by atoms with E-state index in [9.17, 15) is 9.18 Å². The standard InChI is InChI=1S/C17H12FN3OS/c1-21-13-9-11(18)7-6-10(13)8-14(21)16(22)20-17-19-12-4-2-3-5-15(12)23-17/h2-9H,1H3,(H,19,20,22). The number of para-hydroxylation sites is 1. The zero-order chi connectivity index (χ0) is 16.0. The summed E-state index contributed by atoms with van der Waals surface area (Å²) in [7, 11) is 1.75. The minimum Gasteiger partial charge on any atom is -0.340 e. The van der Waals surface area contributed by atoms with E-state index in [0.29, 0.717) is 16.3 Å². The van der Waals surface area contributed by atoms with Gasteiger partial charge >= 0.3 is 0 Å². The van der Waals surface area contributed by atoms with Gasteiger partial charge < -0.3 is 4.57 Å². The molecule has 2 heterocycles. The van der Waals surface area contributed by atoms with E-state index >= 15 is 0 Å². The summed E-state index contributed by atoms with van der Waals surface area (Å²) in [6, 6.07) is 13.9. The van der Waals surface area contributed by atoms with Gasteiger partial charge in [-0.15, -0.1) is 0 Å². The number of hydrogen-bond acceptors (Lipinski definition) is 3. The van der Waals surface area contributed by atoms with Crippen LogP contribution in [0.4, 0.5) is 9.52 Å². The van der Waals surface area contributed by atoms with Crippen molar-refractivity contribution in [1.29, 1.82) is 0 Å². The maximum absolute atomic E-state index is 13.4. The number of amides is 1. The number of fused-ring (bicyclic) bond motifs is 2. The second kappa shape index (κ2) is 5.17. The van der Waals surface area contributed by atoms with Crippen LogP contribution < -0.4 is 5.32 Å². The van der Waals surface area contributed by atoms with Crippen LogP contribution in [0.25, 0.3) is 21.1 Å². The van der Waals surface area contributed by atoms with E-state index in [1.165, 1.54) is 23.5 Å². The van der Waals surface area contributed by atoms with Crippen molar-refractivity contribution in [2.24, 2.45) is 7.05 Å². The number of halogens is 1. The van der Waals surface area contributed by atoms with Crippen LogP contribution in [0.15, 0.2) is 48.5 Å². The Hall–Kier alpha value is -2.73. The van der Waals surface area contributed by atoms with Crippen LogP contribution in [0.2, 0.25) is 0 Å². The van der Waals surface area contributed by atoms with Gasteiger partial charge in [0.2, 0.25) is 0 Å². The van der Waals surface area contributed by atoms with Gasteiger partial charge in [0.05, 0.1) is 15.7 Å². The van der Waals surface area contributed by atoms with Crippen LogP contribution >= 0.6 is 11.3 Å².